The average Bonchev–Trinajstić information content (AvgIpc) is 3.55. The topological polar surface area (TPSA) is 0 Å². The fourth-order valence-corrected chi connectivity index (χ4v) is 8.24. The van der Waals surface area contributed by atoms with Gasteiger partial charge in [-0.25, -0.2) is 0 Å². The minimum Gasteiger partial charge on any atom is -0.0617 e. The fraction of sp³-hybridized carbons (Fsp3) is 0.182. The SMILES string of the molecule is CC1=C(c2cccc3ccccc23)c2c(cccc2CC(C)(C)c2cccc3c2C(c2cccc4ccccc24)=C(C)C3)C1. The number of rotatable bonds is 5. The van der Waals surface area contributed by atoms with Crippen LogP contribution in [0.5, 0.6) is 0 Å². The Morgan fingerprint density at radius 3 is 1.59 bits per heavy atom. The molecule has 0 amide bonds. The Hall–Kier alpha value is -4.68. The van der Waals surface area contributed by atoms with Crippen molar-refractivity contribution in [2.45, 2.75) is 52.4 Å². The van der Waals surface area contributed by atoms with Gasteiger partial charge in [-0.05, 0) is 116 Å². The molecule has 6 aromatic carbocycles. The van der Waals surface area contributed by atoms with E-state index >= 15 is 0 Å². The van der Waals surface area contributed by atoms with Crippen molar-refractivity contribution < 1.29 is 0 Å². The van der Waals surface area contributed by atoms with Crippen LogP contribution in [0.2, 0.25) is 0 Å². The number of hydrogen-bond acceptors (Lipinski definition) is 0. The summed E-state index contributed by atoms with van der Waals surface area (Å²) in [6.45, 7) is 9.58. The third-order valence-corrected chi connectivity index (χ3v) is 10.1. The second-order valence-corrected chi connectivity index (χ2v) is 13.6. The molecule has 0 aromatic heterocycles. The van der Waals surface area contributed by atoms with E-state index in [2.05, 4.69) is 149 Å². The Kier molecular flexibility index (Phi) is 6.24. The minimum absolute atomic E-state index is 0.0682. The molecular weight excluding hydrogens is 528 g/mol. The van der Waals surface area contributed by atoms with Crippen LogP contribution in [-0.2, 0) is 24.7 Å². The molecule has 0 heteroatoms. The zero-order valence-corrected chi connectivity index (χ0v) is 26.2. The third-order valence-electron chi connectivity index (χ3n) is 10.1. The lowest BCUT2D eigenvalue weighted by atomic mass is 9.73. The van der Waals surface area contributed by atoms with Gasteiger partial charge in [-0.1, -0.05) is 146 Å². The lowest BCUT2D eigenvalue weighted by molar-refractivity contribution is 0.520. The van der Waals surface area contributed by atoms with Gasteiger partial charge in [0.2, 0.25) is 0 Å². The second kappa shape index (κ2) is 10.2. The van der Waals surface area contributed by atoms with E-state index in [9.17, 15) is 0 Å². The van der Waals surface area contributed by atoms with Crippen molar-refractivity contribution in [1.82, 2.24) is 0 Å². The molecule has 6 aromatic rings. The van der Waals surface area contributed by atoms with Crippen LogP contribution >= 0.6 is 0 Å². The lowest BCUT2D eigenvalue weighted by Crippen LogP contribution is -2.23. The van der Waals surface area contributed by atoms with Gasteiger partial charge in [-0.2, -0.15) is 0 Å². The number of hydrogen-bond donors (Lipinski definition) is 0. The fourth-order valence-electron chi connectivity index (χ4n) is 8.24. The third kappa shape index (κ3) is 4.20. The Morgan fingerprint density at radius 2 is 0.977 bits per heavy atom. The van der Waals surface area contributed by atoms with Gasteiger partial charge in [-0.3, -0.25) is 0 Å². The molecule has 0 spiro atoms. The van der Waals surface area contributed by atoms with Gasteiger partial charge in [0.05, 0.1) is 0 Å². The highest BCUT2D eigenvalue weighted by Crippen LogP contribution is 2.47. The van der Waals surface area contributed by atoms with E-state index in [1.807, 2.05) is 0 Å². The van der Waals surface area contributed by atoms with E-state index in [0.717, 1.165) is 19.3 Å². The quantitative estimate of drug-likeness (QED) is 0.195. The van der Waals surface area contributed by atoms with E-state index in [4.69, 9.17) is 0 Å². The standard InChI is InChI=1S/C44H38/c1-28-25-32-17-9-19-34(42(32)40(28)37-22-10-15-30-13-5-7-20-35(30)37)27-44(3,4)39-24-12-18-33-26-29(2)41(43(33)39)38-23-11-16-31-14-6-8-21-36(31)38/h5-24H,25-27H2,1-4H3. The van der Waals surface area contributed by atoms with Gasteiger partial charge in [0.1, 0.15) is 0 Å². The first-order valence-electron chi connectivity index (χ1n) is 16.0. The van der Waals surface area contributed by atoms with Gasteiger partial charge < -0.3 is 0 Å². The molecular formula is C44H38. The van der Waals surface area contributed by atoms with Crippen molar-refractivity contribution in [2.75, 3.05) is 0 Å². The predicted molar refractivity (Wildman–Crippen MR) is 188 cm³/mol. The van der Waals surface area contributed by atoms with Gasteiger partial charge in [-0.15, -0.1) is 0 Å². The average molecular weight is 567 g/mol. The minimum atomic E-state index is -0.0682. The van der Waals surface area contributed by atoms with Crippen molar-refractivity contribution >= 4 is 32.7 Å². The summed E-state index contributed by atoms with van der Waals surface area (Å²) in [6, 6.07) is 45.3. The predicted octanol–water partition coefficient (Wildman–Crippen LogP) is 11.3. The maximum absolute atomic E-state index is 2.46. The molecule has 0 heterocycles. The van der Waals surface area contributed by atoms with Crippen LogP contribution < -0.4 is 0 Å². The van der Waals surface area contributed by atoms with Crippen molar-refractivity contribution in [2.24, 2.45) is 0 Å². The van der Waals surface area contributed by atoms with Crippen LogP contribution in [0.15, 0.2) is 132 Å². The van der Waals surface area contributed by atoms with Crippen LogP contribution in [0.4, 0.5) is 0 Å². The maximum atomic E-state index is 2.46. The van der Waals surface area contributed by atoms with E-state index in [1.54, 1.807) is 0 Å². The first-order chi connectivity index (χ1) is 21.4. The highest BCUT2D eigenvalue weighted by atomic mass is 14.4. The normalized spacial score (nSPS) is 14.5. The Bertz CT molecular complexity index is 2170. The Morgan fingerprint density at radius 1 is 0.500 bits per heavy atom. The summed E-state index contributed by atoms with van der Waals surface area (Å²) in [4.78, 5) is 0. The van der Waals surface area contributed by atoms with Crippen LogP contribution in [0.3, 0.4) is 0 Å². The molecule has 2 aliphatic carbocycles. The van der Waals surface area contributed by atoms with Crippen LogP contribution in [0, 0.1) is 0 Å². The summed E-state index contributed by atoms with van der Waals surface area (Å²) >= 11 is 0. The summed E-state index contributed by atoms with van der Waals surface area (Å²) in [5.41, 5.74) is 17.2. The molecule has 2 aliphatic rings. The number of allylic oxidation sites excluding steroid dienone is 2. The molecule has 0 nitrogen and oxygen atoms in total. The monoisotopic (exact) mass is 566 g/mol. The molecule has 0 radical (unpaired) electrons. The smallest absolute Gasteiger partial charge is 0.00542 e. The summed E-state index contributed by atoms with van der Waals surface area (Å²) in [7, 11) is 0. The lowest BCUT2D eigenvalue weighted by Gasteiger charge is -2.30. The molecule has 0 saturated heterocycles. The molecule has 8 rings (SSSR count). The zero-order valence-electron chi connectivity index (χ0n) is 26.2. The summed E-state index contributed by atoms with van der Waals surface area (Å²) in [5.74, 6) is 0. The van der Waals surface area contributed by atoms with Crippen LogP contribution in [0.1, 0.15) is 72.2 Å². The molecule has 44 heavy (non-hydrogen) atoms. The van der Waals surface area contributed by atoms with Gasteiger partial charge >= 0.3 is 0 Å². The van der Waals surface area contributed by atoms with E-state index < -0.39 is 0 Å². The zero-order chi connectivity index (χ0) is 30.0. The highest BCUT2D eigenvalue weighted by Gasteiger charge is 2.33. The van der Waals surface area contributed by atoms with E-state index in [-0.39, 0.29) is 5.41 Å². The number of fused-ring (bicyclic) bond motifs is 4. The molecule has 0 unspecified atom stereocenters. The molecule has 0 bridgehead atoms. The number of benzene rings is 6. The van der Waals surface area contributed by atoms with Crippen LogP contribution in [0.25, 0.3) is 32.7 Å². The molecule has 0 N–H and O–H groups in total. The largest absolute Gasteiger partial charge is 0.0617 e. The van der Waals surface area contributed by atoms with E-state index in [0.29, 0.717) is 0 Å². The van der Waals surface area contributed by atoms with Crippen molar-refractivity contribution in [3.8, 4) is 0 Å². The molecule has 0 fully saturated rings. The Labute approximate surface area is 261 Å². The summed E-state index contributed by atoms with van der Waals surface area (Å²) < 4.78 is 0. The first-order valence-corrected chi connectivity index (χ1v) is 16.0. The van der Waals surface area contributed by atoms with Gasteiger partial charge in [0.25, 0.3) is 0 Å². The highest BCUT2D eigenvalue weighted by molar-refractivity contribution is 6.02. The van der Waals surface area contributed by atoms with Crippen molar-refractivity contribution in [1.29, 1.82) is 0 Å². The van der Waals surface area contributed by atoms with Gasteiger partial charge in [0, 0.05) is 0 Å². The van der Waals surface area contributed by atoms with Crippen molar-refractivity contribution in [3.05, 3.63) is 177 Å². The molecule has 0 aliphatic heterocycles. The summed E-state index contributed by atoms with van der Waals surface area (Å²) in [5, 5.41) is 5.29. The van der Waals surface area contributed by atoms with Crippen molar-refractivity contribution in [3.63, 3.8) is 0 Å². The van der Waals surface area contributed by atoms with Gasteiger partial charge in [0.15, 0.2) is 0 Å². The maximum Gasteiger partial charge on any atom is -0.00542 e. The first kappa shape index (κ1) is 26.9. The van der Waals surface area contributed by atoms with Crippen LogP contribution in [-0.4, -0.2) is 0 Å². The second-order valence-electron chi connectivity index (χ2n) is 13.6. The molecule has 0 saturated carbocycles. The van der Waals surface area contributed by atoms with E-state index in [1.165, 1.54) is 88.3 Å². The summed E-state index contributed by atoms with van der Waals surface area (Å²) in [6.07, 6.45) is 3.03. The molecule has 214 valence electrons. The molecule has 0 atom stereocenters. The Balaban J connectivity index is 1.25.